The number of sulfonamides is 1. The first kappa shape index (κ1) is 20.0. The molecule has 1 saturated heterocycles. The summed E-state index contributed by atoms with van der Waals surface area (Å²) in [6.07, 6.45) is 0. The lowest BCUT2D eigenvalue weighted by atomic mass is 10.3. The quantitative estimate of drug-likeness (QED) is 0.681. The summed E-state index contributed by atoms with van der Waals surface area (Å²) in [5.41, 5.74) is 1.44. The van der Waals surface area contributed by atoms with Crippen molar-refractivity contribution in [2.24, 2.45) is 7.05 Å². The van der Waals surface area contributed by atoms with E-state index in [1.165, 1.54) is 15.6 Å². The standard InChI is InChI=1S/C19H23N5O3S2/c1-13-16-12-17(28-19(16)23(3)21-13)18(25)20-14-4-6-15(7-5-14)29(26,27)24-10-8-22(2)9-11-24/h4-7,12H,8-11H2,1-3H3,(H,20,25). The lowest BCUT2D eigenvalue weighted by Crippen LogP contribution is -2.46. The molecule has 4 rings (SSSR count). The van der Waals surface area contributed by atoms with Crippen molar-refractivity contribution in [1.82, 2.24) is 19.0 Å². The van der Waals surface area contributed by atoms with Crippen LogP contribution in [-0.4, -0.2) is 66.5 Å². The highest BCUT2D eigenvalue weighted by Gasteiger charge is 2.27. The van der Waals surface area contributed by atoms with E-state index in [0.29, 0.717) is 23.7 Å². The Hall–Kier alpha value is -2.27. The maximum Gasteiger partial charge on any atom is 0.265 e. The van der Waals surface area contributed by atoms with E-state index < -0.39 is 10.0 Å². The first-order valence-electron chi connectivity index (χ1n) is 9.29. The molecule has 1 N–H and O–H groups in total. The van der Waals surface area contributed by atoms with Crippen molar-refractivity contribution in [3.8, 4) is 0 Å². The number of benzene rings is 1. The van der Waals surface area contributed by atoms with Crippen molar-refractivity contribution in [3.05, 3.63) is 40.9 Å². The van der Waals surface area contributed by atoms with Gasteiger partial charge in [0.25, 0.3) is 5.91 Å². The third-order valence-electron chi connectivity index (χ3n) is 5.13. The van der Waals surface area contributed by atoms with Crippen LogP contribution >= 0.6 is 11.3 Å². The Balaban J connectivity index is 1.48. The first-order valence-corrected chi connectivity index (χ1v) is 11.5. The molecular formula is C19H23N5O3S2. The molecule has 0 bridgehead atoms. The molecule has 10 heteroatoms. The molecule has 1 amide bonds. The number of fused-ring (bicyclic) bond motifs is 1. The molecule has 1 aliphatic rings. The predicted molar refractivity (Wildman–Crippen MR) is 114 cm³/mol. The second kappa shape index (κ2) is 7.52. The smallest absolute Gasteiger partial charge is 0.265 e. The number of carbonyl (C=O) groups is 1. The number of nitrogens with one attached hydrogen (secondary N) is 1. The van der Waals surface area contributed by atoms with Gasteiger partial charge in [0, 0.05) is 44.3 Å². The summed E-state index contributed by atoms with van der Waals surface area (Å²) in [6, 6.07) is 8.18. The highest BCUT2D eigenvalue weighted by molar-refractivity contribution is 7.89. The number of hydrogen-bond donors (Lipinski definition) is 1. The topological polar surface area (TPSA) is 87.5 Å². The second-order valence-electron chi connectivity index (χ2n) is 7.22. The third kappa shape index (κ3) is 3.80. The monoisotopic (exact) mass is 433 g/mol. The van der Waals surface area contributed by atoms with Crippen LogP contribution in [0.15, 0.2) is 35.2 Å². The molecule has 0 radical (unpaired) electrons. The lowest BCUT2D eigenvalue weighted by Gasteiger charge is -2.31. The van der Waals surface area contributed by atoms with Crippen molar-refractivity contribution < 1.29 is 13.2 Å². The molecule has 1 aromatic carbocycles. The van der Waals surface area contributed by atoms with Gasteiger partial charge in [0.1, 0.15) is 4.83 Å². The fraction of sp³-hybridized carbons (Fsp3) is 0.368. The number of carbonyl (C=O) groups excluding carboxylic acids is 1. The summed E-state index contributed by atoms with van der Waals surface area (Å²) in [7, 11) is 0.320. The number of nitrogens with zero attached hydrogens (tertiary/aromatic N) is 4. The Morgan fingerprint density at radius 1 is 1.10 bits per heavy atom. The van der Waals surface area contributed by atoms with Gasteiger partial charge in [-0.1, -0.05) is 0 Å². The molecule has 0 spiro atoms. The zero-order chi connectivity index (χ0) is 20.8. The minimum absolute atomic E-state index is 0.222. The minimum atomic E-state index is -3.52. The van der Waals surface area contributed by atoms with Gasteiger partial charge in [0.15, 0.2) is 0 Å². The number of amides is 1. The molecule has 0 aliphatic carbocycles. The molecule has 0 unspecified atom stereocenters. The van der Waals surface area contributed by atoms with Crippen molar-refractivity contribution in [2.75, 3.05) is 38.5 Å². The van der Waals surface area contributed by atoms with E-state index in [9.17, 15) is 13.2 Å². The van der Waals surface area contributed by atoms with E-state index in [0.717, 1.165) is 29.0 Å². The van der Waals surface area contributed by atoms with Gasteiger partial charge in [0.2, 0.25) is 10.0 Å². The van der Waals surface area contributed by atoms with Crippen molar-refractivity contribution in [2.45, 2.75) is 11.8 Å². The van der Waals surface area contributed by atoms with Gasteiger partial charge < -0.3 is 10.2 Å². The zero-order valence-electron chi connectivity index (χ0n) is 16.5. The Bertz CT molecular complexity index is 1120. The van der Waals surface area contributed by atoms with Gasteiger partial charge in [-0.05, 0) is 44.3 Å². The van der Waals surface area contributed by atoms with Crippen LogP contribution in [0.25, 0.3) is 10.2 Å². The Kier molecular flexibility index (Phi) is 5.19. The number of anilines is 1. The highest BCUT2D eigenvalue weighted by atomic mass is 32.2. The van der Waals surface area contributed by atoms with Crippen molar-refractivity contribution in [1.29, 1.82) is 0 Å². The lowest BCUT2D eigenvalue weighted by molar-refractivity contribution is 0.103. The molecule has 1 aliphatic heterocycles. The molecular weight excluding hydrogens is 410 g/mol. The SMILES string of the molecule is Cc1nn(C)c2sc(C(=O)Nc3ccc(S(=O)(=O)N4CCN(C)CC4)cc3)cc12. The number of likely N-dealkylation sites (N-methyl/N-ethyl adjacent to an activating group) is 1. The van der Waals surface area contributed by atoms with E-state index in [4.69, 9.17) is 0 Å². The number of rotatable bonds is 4. The number of aryl methyl sites for hydroxylation is 2. The minimum Gasteiger partial charge on any atom is -0.321 e. The van der Waals surface area contributed by atoms with E-state index >= 15 is 0 Å². The summed E-state index contributed by atoms with van der Waals surface area (Å²) in [6.45, 7) is 4.32. The number of hydrogen-bond acceptors (Lipinski definition) is 6. The Morgan fingerprint density at radius 3 is 2.38 bits per heavy atom. The average molecular weight is 434 g/mol. The number of thiophene rings is 1. The molecule has 8 nitrogen and oxygen atoms in total. The van der Waals surface area contributed by atoms with Crippen molar-refractivity contribution in [3.63, 3.8) is 0 Å². The van der Waals surface area contributed by atoms with Crippen molar-refractivity contribution >= 4 is 43.2 Å². The Labute approximate surface area is 173 Å². The molecule has 3 aromatic rings. The number of piperazine rings is 1. The van der Waals surface area contributed by atoms with Gasteiger partial charge in [-0.25, -0.2) is 8.42 Å². The van der Waals surface area contributed by atoms with Crippen LogP contribution < -0.4 is 5.32 Å². The van der Waals surface area contributed by atoms with Gasteiger partial charge in [-0.2, -0.15) is 9.40 Å². The average Bonchev–Trinajstić information content (AvgIpc) is 3.24. The van der Waals surface area contributed by atoms with Crippen LogP contribution in [0.3, 0.4) is 0 Å². The molecule has 2 aromatic heterocycles. The van der Waals surface area contributed by atoms with E-state index in [2.05, 4.69) is 15.3 Å². The maximum absolute atomic E-state index is 12.8. The molecule has 0 atom stereocenters. The number of aromatic nitrogens is 2. The van der Waals surface area contributed by atoms with Crippen LogP contribution in [0.1, 0.15) is 15.4 Å². The normalized spacial score (nSPS) is 16.4. The fourth-order valence-electron chi connectivity index (χ4n) is 3.40. The maximum atomic E-state index is 12.8. The van der Waals surface area contributed by atoms with Crippen LogP contribution in [0.5, 0.6) is 0 Å². The molecule has 3 heterocycles. The Morgan fingerprint density at radius 2 is 1.76 bits per heavy atom. The van der Waals surface area contributed by atoms with E-state index in [1.54, 1.807) is 28.9 Å². The van der Waals surface area contributed by atoms with Crippen LogP contribution in [0, 0.1) is 6.92 Å². The van der Waals surface area contributed by atoms with Crippen LogP contribution in [-0.2, 0) is 17.1 Å². The molecule has 0 saturated carbocycles. The summed E-state index contributed by atoms with van der Waals surface area (Å²) in [5, 5.41) is 8.15. The van der Waals surface area contributed by atoms with Crippen LogP contribution in [0.2, 0.25) is 0 Å². The summed E-state index contributed by atoms with van der Waals surface area (Å²) >= 11 is 1.38. The molecule has 1 fully saturated rings. The van der Waals surface area contributed by atoms with Gasteiger partial charge in [-0.15, -0.1) is 11.3 Å². The molecule has 154 valence electrons. The zero-order valence-corrected chi connectivity index (χ0v) is 18.2. The first-order chi connectivity index (χ1) is 13.8. The molecule has 29 heavy (non-hydrogen) atoms. The third-order valence-corrected chi connectivity index (χ3v) is 8.25. The highest BCUT2D eigenvalue weighted by Crippen LogP contribution is 2.28. The fourth-order valence-corrected chi connectivity index (χ4v) is 5.84. The summed E-state index contributed by atoms with van der Waals surface area (Å²) < 4.78 is 28.9. The van der Waals surface area contributed by atoms with Gasteiger partial charge >= 0.3 is 0 Å². The van der Waals surface area contributed by atoms with Gasteiger partial charge in [0.05, 0.1) is 15.5 Å². The second-order valence-corrected chi connectivity index (χ2v) is 10.2. The summed E-state index contributed by atoms with van der Waals surface area (Å²) in [5.74, 6) is -0.222. The largest absolute Gasteiger partial charge is 0.321 e. The van der Waals surface area contributed by atoms with Crippen LogP contribution in [0.4, 0.5) is 5.69 Å². The van der Waals surface area contributed by atoms with Gasteiger partial charge in [-0.3, -0.25) is 9.48 Å². The predicted octanol–water partition coefficient (Wildman–Crippen LogP) is 2.13. The summed E-state index contributed by atoms with van der Waals surface area (Å²) in [4.78, 5) is 16.5. The van der Waals surface area contributed by atoms with E-state index in [-0.39, 0.29) is 10.8 Å². The van der Waals surface area contributed by atoms with E-state index in [1.807, 2.05) is 27.1 Å².